The van der Waals surface area contributed by atoms with Crippen LogP contribution in [0.5, 0.6) is 0 Å². The Balaban J connectivity index is 1.45. The quantitative estimate of drug-likeness (QED) is 0.919. The van der Waals surface area contributed by atoms with Crippen molar-refractivity contribution in [3.63, 3.8) is 0 Å². The molecule has 26 heavy (non-hydrogen) atoms. The molecule has 1 fully saturated rings. The van der Waals surface area contributed by atoms with Crippen LogP contribution < -0.4 is 0 Å². The Morgan fingerprint density at radius 1 is 1.19 bits per heavy atom. The van der Waals surface area contributed by atoms with Crippen molar-refractivity contribution in [1.82, 2.24) is 20.0 Å². The molecule has 1 N–H and O–H groups in total. The van der Waals surface area contributed by atoms with Gasteiger partial charge in [0.25, 0.3) is 5.91 Å². The third-order valence-corrected chi connectivity index (χ3v) is 5.34. The number of carbonyl (C=O) groups excluding carboxylic acids is 2. The van der Waals surface area contributed by atoms with Crippen LogP contribution in [-0.4, -0.2) is 51.4 Å². The number of nitrogens with zero attached hydrogens (tertiary/aromatic N) is 3. The maximum atomic E-state index is 12.9. The summed E-state index contributed by atoms with van der Waals surface area (Å²) in [5.41, 5.74) is 5.04. The molecule has 4 rings (SSSR count). The highest BCUT2D eigenvalue weighted by molar-refractivity contribution is 5.94. The number of H-pyrrole nitrogens is 1. The normalized spacial score (nSPS) is 17.3. The molecule has 1 aromatic carbocycles. The summed E-state index contributed by atoms with van der Waals surface area (Å²) in [6, 6.07) is 8.21. The number of fused-ring (bicyclic) bond motifs is 1. The van der Waals surface area contributed by atoms with Gasteiger partial charge in [-0.1, -0.05) is 29.8 Å². The summed E-state index contributed by atoms with van der Waals surface area (Å²) in [6.45, 7) is 4.23. The van der Waals surface area contributed by atoms with Crippen molar-refractivity contribution in [2.75, 3.05) is 19.6 Å². The fourth-order valence-corrected chi connectivity index (χ4v) is 3.91. The van der Waals surface area contributed by atoms with Gasteiger partial charge in [0.05, 0.1) is 0 Å². The van der Waals surface area contributed by atoms with Crippen LogP contribution in [0, 0.1) is 6.92 Å². The van der Waals surface area contributed by atoms with Gasteiger partial charge in [-0.25, -0.2) is 0 Å². The van der Waals surface area contributed by atoms with E-state index in [0.29, 0.717) is 38.3 Å². The molecule has 0 saturated carbocycles. The Morgan fingerprint density at radius 3 is 2.92 bits per heavy atom. The SMILES string of the molecule is Cc1cccc(CN2CCN(C(=O)c3n[nH]c4c3CCC4)CCC2=O)c1. The summed E-state index contributed by atoms with van der Waals surface area (Å²) in [5.74, 6) is 0.0590. The van der Waals surface area contributed by atoms with E-state index in [1.54, 1.807) is 4.90 Å². The average Bonchev–Trinajstić information content (AvgIpc) is 3.19. The molecule has 6 nitrogen and oxygen atoms in total. The van der Waals surface area contributed by atoms with E-state index >= 15 is 0 Å². The zero-order valence-electron chi connectivity index (χ0n) is 15.1. The first-order valence-corrected chi connectivity index (χ1v) is 9.30. The number of aromatic nitrogens is 2. The number of aromatic amines is 1. The van der Waals surface area contributed by atoms with Crippen LogP contribution in [-0.2, 0) is 24.2 Å². The average molecular weight is 352 g/mol. The maximum absolute atomic E-state index is 12.9. The zero-order chi connectivity index (χ0) is 18.1. The first kappa shape index (κ1) is 16.8. The summed E-state index contributed by atoms with van der Waals surface area (Å²) in [4.78, 5) is 29.1. The van der Waals surface area contributed by atoms with Crippen LogP contribution in [0.3, 0.4) is 0 Å². The minimum absolute atomic E-state index is 0.0467. The van der Waals surface area contributed by atoms with Gasteiger partial charge in [0.15, 0.2) is 5.69 Å². The van der Waals surface area contributed by atoms with E-state index in [-0.39, 0.29) is 11.8 Å². The minimum atomic E-state index is -0.0467. The van der Waals surface area contributed by atoms with E-state index in [0.717, 1.165) is 36.1 Å². The number of amides is 2. The van der Waals surface area contributed by atoms with Crippen LogP contribution in [0.25, 0.3) is 0 Å². The second-order valence-corrected chi connectivity index (χ2v) is 7.23. The Labute approximate surface area is 153 Å². The third-order valence-electron chi connectivity index (χ3n) is 5.34. The molecule has 0 spiro atoms. The van der Waals surface area contributed by atoms with Gasteiger partial charge >= 0.3 is 0 Å². The lowest BCUT2D eigenvalue weighted by atomic mass is 10.1. The fourth-order valence-electron chi connectivity index (χ4n) is 3.91. The molecular formula is C20H24N4O2. The lowest BCUT2D eigenvalue weighted by Crippen LogP contribution is -2.36. The van der Waals surface area contributed by atoms with Crippen molar-refractivity contribution < 1.29 is 9.59 Å². The van der Waals surface area contributed by atoms with Gasteiger partial charge in [-0.15, -0.1) is 0 Å². The van der Waals surface area contributed by atoms with Crippen molar-refractivity contribution in [1.29, 1.82) is 0 Å². The van der Waals surface area contributed by atoms with Crippen molar-refractivity contribution in [3.05, 3.63) is 52.3 Å². The van der Waals surface area contributed by atoms with Crippen molar-refractivity contribution in [3.8, 4) is 0 Å². The summed E-state index contributed by atoms with van der Waals surface area (Å²) >= 11 is 0. The topological polar surface area (TPSA) is 69.3 Å². The fraction of sp³-hybridized carbons (Fsp3) is 0.450. The van der Waals surface area contributed by atoms with Gasteiger partial charge in [-0.2, -0.15) is 5.10 Å². The van der Waals surface area contributed by atoms with E-state index in [9.17, 15) is 9.59 Å². The van der Waals surface area contributed by atoms with E-state index in [1.165, 1.54) is 5.56 Å². The molecule has 0 radical (unpaired) electrons. The molecule has 2 heterocycles. The Hall–Kier alpha value is -2.63. The predicted octanol–water partition coefficient (Wildman–Crippen LogP) is 2.08. The number of hydrogen-bond donors (Lipinski definition) is 1. The molecule has 2 aliphatic rings. The van der Waals surface area contributed by atoms with E-state index in [2.05, 4.69) is 29.3 Å². The highest BCUT2D eigenvalue weighted by atomic mass is 16.2. The summed E-state index contributed by atoms with van der Waals surface area (Å²) in [6.07, 6.45) is 3.33. The van der Waals surface area contributed by atoms with E-state index in [4.69, 9.17) is 0 Å². The molecule has 0 bridgehead atoms. The molecule has 1 saturated heterocycles. The number of nitrogens with one attached hydrogen (secondary N) is 1. The van der Waals surface area contributed by atoms with Crippen LogP contribution in [0.2, 0.25) is 0 Å². The Morgan fingerprint density at radius 2 is 2.08 bits per heavy atom. The second kappa shape index (κ2) is 6.94. The molecule has 2 amide bonds. The smallest absolute Gasteiger partial charge is 0.274 e. The van der Waals surface area contributed by atoms with Gasteiger partial charge in [0, 0.05) is 43.9 Å². The van der Waals surface area contributed by atoms with Crippen LogP contribution >= 0.6 is 0 Å². The van der Waals surface area contributed by atoms with E-state index < -0.39 is 0 Å². The molecule has 1 aliphatic carbocycles. The first-order valence-electron chi connectivity index (χ1n) is 9.30. The molecule has 0 atom stereocenters. The molecule has 136 valence electrons. The highest BCUT2D eigenvalue weighted by Gasteiger charge is 2.29. The first-order chi connectivity index (χ1) is 12.6. The molecule has 1 aromatic heterocycles. The molecule has 6 heteroatoms. The standard InChI is InChI=1S/C20H24N4O2/c1-14-4-2-5-15(12-14)13-24-11-10-23(9-8-18(24)25)20(26)19-16-6-3-7-17(16)21-22-19/h2,4-5,12H,3,6-11,13H2,1H3,(H,21,22). The molecule has 0 unspecified atom stereocenters. The largest absolute Gasteiger partial charge is 0.337 e. The molecule has 1 aliphatic heterocycles. The second-order valence-electron chi connectivity index (χ2n) is 7.23. The van der Waals surface area contributed by atoms with Crippen molar-refractivity contribution >= 4 is 11.8 Å². The van der Waals surface area contributed by atoms with Gasteiger partial charge in [0.1, 0.15) is 0 Å². The van der Waals surface area contributed by atoms with Gasteiger partial charge in [-0.3, -0.25) is 14.7 Å². The molecular weight excluding hydrogens is 328 g/mol. The number of rotatable bonds is 3. The highest BCUT2D eigenvalue weighted by Crippen LogP contribution is 2.24. The Kier molecular flexibility index (Phi) is 4.49. The van der Waals surface area contributed by atoms with Gasteiger partial charge < -0.3 is 9.80 Å². The van der Waals surface area contributed by atoms with E-state index in [1.807, 2.05) is 17.0 Å². The lowest BCUT2D eigenvalue weighted by Gasteiger charge is -2.22. The monoisotopic (exact) mass is 352 g/mol. The van der Waals surface area contributed by atoms with Gasteiger partial charge in [-0.05, 0) is 31.7 Å². The van der Waals surface area contributed by atoms with Crippen LogP contribution in [0.1, 0.15) is 45.7 Å². The minimum Gasteiger partial charge on any atom is -0.337 e. The Bertz CT molecular complexity index is 842. The van der Waals surface area contributed by atoms with Crippen LogP contribution in [0.15, 0.2) is 24.3 Å². The number of carbonyl (C=O) groups is 2. The number of benzene rings is 1. The zero-order valence-corrected chi connectivity index (χ0v) is 15.1. The summed E-state index contributed by atoms with van der Waals surface area (Å²) in [7, 11) is 0. The lowest BCUT2D eigenvalue weighted by molar-refractivity contribution is -0.130. The summed E-state index contributed by atoms with van der Waals surface area (Å²) in [5, 5.41) is 7.25. The summed E-state index contributed by atoms with van der Waals surface area (Å²) < 4.78 is 0. The van der Waals surface area contributed by atoms with Gasteiger partial charge in [0.2, 0.25) is 5.91 Å². The maximum Gasteiger partial charge on any atom is 0.274 e. The van der Waals surface area contributed by atoms with Crippen LogP contribution in [0.4, 0.5) is 0 Å². The van der Waals surface area contributed by atoms with Crippen molar-refractivity contribution in [2.24, 2.45) is 0 Å². The number of hydrogen-bond acceptors (Lipinski definition) is 3. The molecule has 2 aromatic rings. The predicted molar refractivity (Wildman–Crippen MR) is 97.7 cm³/mol. The third kappa shape index (κ3) is 3.23. The number of aryl methyl sites for hydroxylation is 2. The van der Waals surface area contributed by atoms with Crippen molar-refractivity contribution in [2.45, 2.75) is 39.2 Å².